The Morgan fingerprint density at radius 3 is 1.86 bits per heavy atom. The average molecular weight is 283 g/mol. The van der Waals surface area contributed by atoms with E-state index in [4.69, 9.17) is 4.98 Å². The summed E-state index contributed by atoms with van der Waals surface area (Å²) in [7, 11) is 0. The fourth-order valence-electron chi connectivity index (χ4n) is 3.15. The molecule has 0 bridgehead atoms. The Balaban J connectivity index is 2.24. The summed E-state index contributed by atoms with van der Waals surface area (Å²) in [4.78, 5) is 4.82. The summed E-state index contributed by atoms with van der Waals surface area (Å²) in [6, 6.07) is 23.3. The van der Waals surface area contributed by atoms with Gasteiger partial charge in [-0.05, 0) is 42.7 Å². The van der Waals surface area contributed by atoms with Crippen molar-refractivity contribution < 1.29 is 0 Å². The molecule has 1 heteroatoms. The van der Waals surface area contributed by atoms with Crippen LogP contribution >= 0.6 is 0 Å². The molecule has 0 aliphatic heterocycles. The zero-order valence-electron chi connectivity index (χ0n) is 12.8. The lowest BCUT2D eigenvalue weighted by atomic mass is 9.91. The van der Waals surface area contributed by atoms with E-state index < -0.39 is 0 Å². The highest BCUT2D eigenvalue weighted by Crippen LogP contribution is 2.36. The van der Waals surface area contributed by atoms with Gasteiger partial charge in [0.05, 0.1) is 11.0 Å². The molecule has 0 fully saturated rings. The van der Waals surface area contributed by atoms with Crippen LogP contribution in [0, 0.1) is 13.8 Å². The van der Waals surface area contributed by atoms with Crippen molar-refractivity contribution in [3.05, 3.63) is 77.9 Å². The molecule has 1 aromatic heterocycles. The first-order chi connectivity index (χ1) is 10.8. The molecule has 0 spiro atoms. The Kier molecular flexibility index (Phi) is 2.93. The van der Waals surface area contributed by atoms with E-state index >= 15 is 0 Å². The molecule has 0 aliphatic carbocycles. The van der Waals surface area contributed by atoms with E-state index in [1.807, 2.05) is 0 Å². The van der Waals surface area contributed by atoms with Crippen LogP contribution < -0.4 is 0 Å². The van der Waals surface area contributed by atoms with Crippen LogP contribution in [-0.4, -0.2) is 4.98 Å². The molecule has 0 saturated heterocycles. The SMILES string of the molecule is Cc1cccc(-c2c3ccccc3nc3ccccc23)c1C. The van der Waals surface area contributed by atoms with Crippen LogP contribution in [0.3, 0.4) is 0 Å². The summed E-state index contributed by atoms with van der Waals surface area (Å²) in [5, 5.41) is 2.44. The largest absolute Gasteiger partial charge is 0.248 e. The lowest BCUT2D eigenvalue weighted by molar-refractivity contribution is 1.34. The predicted molar refractivity (Wildman–Crippen MR) is 94.2 cm³/mol. The Labute approximate surface area is 130 Å². The van der Waals surface area contributed by atoms with Crippen molar-refractivity contribution in [2.24, 2.45) is 0 Å². The van der Waals surface area contributed by atoms with Gasteiger partial charge >= 0.3 is 0 Å². The molecule has 0 atom stereocenters. The molecule has 1 nitrogen and oxygen atoms in total. The van der Waals surface area contributed by atoms with Crippen LogP contribution in [0.1, 0.15) is 11.1 Å². The molecular weight excluding hydrogens is 266 g/mol. The minimum absolute atomic E-state index is 1.05. The normalized spacial score (nSPS) is 11.2. The second-order valence-electron chi connectivity index (χ2n) is 5.77. The van der Waals surface area contributed by atoms with Crippen molar-refractivity contribution >= 4 is 21.8 Å². The molecule has 22 heavy (non-hydrogen) atoms. The number of benzene rings is 3. The highest BCUT2D eigenvalue weighted by atomic mass is 14.7. The number of hydrogen-bond acceptors (Lipinski definition) is 1. The molecule has 0 unspecified atom stereocenters. The second-order valence-corrected chi connectivity index (χ2v) is 5.77. The maximum absolute atomic E-state index is 4.82. The quantitative estimate of drug-likeness (QED) is 0.410. The fraction of sp³-hybridized carbons (Fsp3) is 0.0952. The Morgan fingerprint density at radius 2 is 1.23 bits per heavy atom. The van der Waals surface area contributed by atoms with E-state index in [1.54, 1.807) is 0 Å². The zero-order chi connectivity index (χ0) is 15.1. The van der Waals surface area contributed by atoms with Crippen LogP contribution in [0.5, 0.6) is 0 Å². The summed E-state index contributed by atoms with van der Waals surface area (Å²) in [6.07, 6.45) is 0. The van der Waals surface area contributed by atoms with E-state index in [9.17, 15) is 0 Å². The van der Waals surface area contributed by atoms with Gasteiger partial charge in [0.2, 0.25) is 0 Å². The topological polar surface area (TPSA) is 12.9 Å². The highest BCUT2D eigenvalue weighted by Gasteiger charge is 2.12. The number of rotatable bonds is 1. The average Bonchev–Trinajstić information content (AvgIpc) is 2.55. The smallest absolute Gasteiger partial charge is 0.0715 e. The maximum atomic E-state index is 4.82. The van der Waals surface area contributed by atoms with Gasteiger partial charge in [-0.1, -0.05) is 54.6 Å². The third kappa shape index (κ3) is 1.90. The summed E-state index contributed by atoms with van der Waals surface area (Å²) < 4.78 is 0. The third-order valence-corrected chi connectivity index (χ3v) is 4.46. The van der Waals surface area contributed by atoms with Gasteiger partial charge in [0.25, 0.3) is 0 Å². The van der Waals surface area contributed by atoms with Gasteiger partial charge in [-0.2, -0.15) is 0 Å². The predicted octanol–water partition coefficient (Wildman–Crippen LogP) is 5.67. The van der Waals surface area contributed by atoms with Crippen LogP contribution in [0.15, 0.2) is 66.7 Å². The van der Waals surface area contributed by atoms with Crippen LogP contribution in [-0.2, 0) is 0 Å². The van der Waals surface area contributed by atoms with Crippen molar-refractivity contribution in [1.82, 2.24) is 4.98 Å². The van der Waals surface area contributed by atoms with E-state index in [1.165, 1.54) is 33.0 Å². The summed E-state index contributed by atoms with van der Waals surface area (Å²) >= 11 is 0. The molecule has 4 aromatic rings. The molecular formula is C21H17N. The van der Waals surface area contributed by atoms with E-state index in [0.29, 0.717) is 0 Å². The van der Waals surface area contributed by atoms with E-state index in [0.717, 1.165) is 11.0 Å². The number of aryl methyl sites for hydroxylation is 1. The number of fused-ring (bicyclic) bond motifs is 2. The van der Waals surface area contributed by atoms with Crippen molar-refractivity contribution in [3.8, 4) is 11.1 Å². The Morgan fingerprint density at radius 1 is 0.636 bits per heavy atom. The molecule has 4 rings (SSSR count). The molecule has 0 N–H and O–H groups in total. The Bertz CT molecular complexity index is 945. The van der Waals surface area contributed by atoms with Crippen LogP contribution in [0.25, 0.3) is 32.9 Å². The molecule has 0 radical (unpaired) electrons. The van der Waals surface area contributed by atoms with Gasteiger partial charge < -0.3 is 0 Å². The molecule has 0 aliphatic rings. The van der Waals surface area contributed by atoms with Gasteiger partial charge in [0.1, 0.15) is 0 Å². The standard InChI is InChI=1S/C21H17N/c1-14-8-7-11-16(15(14)2)21-17-9-3-5-12-19(17)22-20-13-6-4-10-18(20)21/h3-13H,1-2H3. The van der Waals surface area contributed by atoms with Gasteiger partial charge in [-0.25, -0.2) is 4.98 Å². The zero-order valence-corrected chi connectivity index (χ0v) is 12.8. The number of hydrogen-bond donors (Lipinski definition) is 0. The maximum Gasteiger partial charge on any atom is 0.0715 e. The van der Waals surface area contributed by atoms with Gasteiger partial charge in [-0.3, -0.25) is 0 Å². The fourth-order valence-corrected chi connectivity index (χ4v) is 3.15. The number of para-hydroxylation sites is 2. The van der Waals surface area contributed by atoms with Crippen molar-refractivity contribution in [2.75, 3.05) is 0 Å². The van der Waals surface area contributed by atoms with E-state index in [-0.39, 0.29) is 0 Å². The van der Waals surface area contributed by atoms with Crippen molar-refractivity contribution in [1.29, 1.82) is 0 Å². The third-order valence-electron chi connectivity index (χ3n) is 4.46. The molecule has 106 valence electrons. The van der Waals surface area contributed by atoms with Crippen molar-refractivity contribution in [3.63, 3.8) is 0 Å². The van der Waals surface area contributed by atoms with Crippen LogP contribution in [0.2, 0.25) is 0 Å². The van der Waals surface area contributed by atoms with Gasteiger partial charge in [-0.15, -0.1) is 0 Å². The lowest BCUT2D eigenvalue weighted by Crippen LogP contribution is -1.92. The van der Waals surface area contributed by atoms with Crippen molar-refractivity contribution in [2.45, 2.75) is 13.8 Å². The summed E-state index contributed by atoms with van der Waals surface area (Å²) in [6.45, 7) is 4.37. The molecule has 0 amide bonds. The molecule has 3 aromatic carbocycles. The minimum atomic E-state index is 1.05. The summed E-state index contributed by atoms with van der Waals surface area (Å²) in [5.41, 5.74) is 7.36. The van der Waals surface area contributed by atoms with Gasteiger partial charge in [0, 0.05) is 16.3 Å². The second kappa shape index (κ2) is 4.96. The minimum Gasteiger partial charge on any atom is -0.248 e. The van der Waals surface area contributed by atoms with E-state index in [2.05, 4.69) is 80.6 Å². The lowest BCUT2D eigenvalue weighted by Gasteiger charge is -2.14. The Hall–Kier alpha value is -2.67. The van der Waals surface area contributed by atoms with Gasteiger partial charge in [0.15, 0.2) is 0 Å². The number of aromatic nitrogens is 1. The van der Waals surface area contributed by atoms with Crippen LogP contribution in [0.4, 0.5) is 0 Å². The number of pyridine rings is 1. The highest BCUT2D eigenvalue weighted by molar-refractivity contribution is 6.09. The monoisotopic (exact) mass is 283 g/mol. The molecule has 1 heterocycles. The summed E-state index contributed by atoms with van der Waals surface area (Å²) in [5.74, 6) is 0. The number of nitrogens with zero attached hydrogens (tertiary/aromatic N) is 1. The first-order valence-electron chi connectivity index (χ1n) is 7.60. The first-order valence-corrected chi connectivity index (χ1v) is 7.60. The first kappa shape index (κ1) is 13.0. The molecule has 0 saturated carbocycles.